The van der Waals surface area contributed by atoms with Crippen LogP contribution in [-0.2, 0) is 4.79 Å². The number of thioether (sulfide) groups is 1. The standard InChI is InChI=1S/C22H23N3OS/c1-2-24-12-14-25(15-13-24)22-23-21(26)20(27-22)16-17-8-10-19(11-9-17)18-6-4-3-5-7-18/h3-11,16H,2,12-15H2,1H3/p+1/b20-16-. The zero-order valence-corrected chi connectivity index (χ0v) is 16.3. The van der Waals surface area contributed by atoms with Crippen molar-refractivity contribution in [1.29, 1.82) is 0 Å². The summed E-state index contributed by atoms with van der Waals surface area (Å²) >= 11 is 1.51. The van der Waals surface area contributed by atoms with E-state index >= 15 is 0 Å². The molecule has 0 bridgehead atoms. The molecule has 2 aromatic carbocycles. The summed E-state index contributed by atoms with van der Waals surface area (Å²) < 4.78 is 0. The van der Waals surface area contributed by atoms with Gasteiger partial charge in [0.2, 0.25) is 0 Å². The van der Waals surface area contributed by atoms with Gasteiger partial charge in [0.25, 0.3) is 5.91 Å². The first-order valence-corrected chi connectivity index (χ1v) is 10.3. The largest absolute Gasteiger partial charge is 0.339 e. The molecule has 0 aromatic heterocycles. The van der Waals surface area contributed by atoms with Crippen molar-refractivity contribution in [2.45, 2.75) is 6.92 Å². The number of amidine groups is 1. The molecule has 0 atom stereocenters. The molecule has 0 aliphatic carbocycles. The van der Waals surface area contributed by atoms with Crippen molar-refractivity contribution in [2.75, 3.05) is 32.7 Å². The second-order valence-electron chi connectivity index (χ2n) is 6.89. The zero-order valence-electron chi connectivity index (χ0n) is 15.5. The summed E-state index contributed by atoms with van der Waals surface area (Å²) in [5.74, 6) is -0.118. The minimum absolute atomic E-state index is 0.118. The molecule has 2 aliphatic rings. The Morgan fingerprint density at radius 3 is 2.37 bits per heavy atom. The van der Waals surface area contributed by atoms with Gasteiger partial charge in [0.15, 0.2) is 5.17 Å². The van der Waals surface area contributed by atoms with Gasteiger partial charge in [-0.25, -0.2) is 0 Å². The van der Waals surface area contributed by atoms with Gasteiger partial charge < -0.3 is 9.80 Å². The number of quaternary nitrogens is 1. The lowest BCUT2D eigenvalue weighted by atomic mass is 10.0. The van der Waals surface area contributed by atoms with Crippen LogP contribution in [-0.4, -0.2) is 48.7 Å². The number of piperazine rings is 1. The summed E-state index contributed by atoms with van der Waals surface area (Å²) in [6.45, 7) is 7.56. The Balaban J connectivity index is 1.44. The summed E-state index contributed by atoms with van der Waals surface area (Å²) in [5.41, 5.74) is 3.40. The number of hydrogen-bond donors (Lipinski definition) is 1. The van der Waals surface area contributed by atoms with Gasteiger partial charge >= 0.3 is 0 Å². The number of amides is 1. The van der Waals surface area contributed by atoms with Crippen molar-refractivity contribution in [1.82, 2.24) is 4.90 Å². The Hall–Kier alpha value is -2.37. The normalized spacial score (nSPS) is 19.6. The van der Waals surface area contributed by atoms with Crippen molar-refractivity contribution < 1.29 is 9.69 Å². The van der Waals surface area contributed by atoms with Gasteiger partial charge in [-0.05, 0) is 41.5 Å². The SMILES string of the molecule is CC[NH+]1CCN(C2=NC(=O)/C(=C/c3ccc(-c4ccccc4)cc3)S2)CC1. The quantitative estimate of drug-likeness (QED) is 0.834. The summed E-state index contributed by atoms with van der Waals surface area (Å²) in [7, 11) is 0. The van der Waals surface area contributed by atoms with Gasteiger partial charge in [0.05, 0.1) is 37.6 Å². The first-order valence-electron chi connectivity index (χ1n) is 9.49. The number of hydrogen-bond acceptors (Lipinski definition) is 3. The van der Waals surface area contributed by atoms with E-state index in [2.05, 4.69) is 53.2 Å². The molecule has 27 heavy (non-hydrogen) atoms. The minimum atomic E-state index is -0.118. The molecular formula is C22H24N3OS+. The minimum Gasteiger partial charge on any atom is -0.339 e. The zero-order chi connectivity index (χ0) is 18.6. The number of nitrogens with one attached hydrogen (secondary N) is 1. The van der Waals surface area contributed by atoms with Crippen LogP contribution in [0, 0.1) is 0 Å². The number of rotatable bonds is 3. The Morgan fingerprint density at radius 2 is 1.70 bits per heavy atom. The highest BCUT2D eigenvalue weighted by Crippen LogP contribution is 2.30. The molecule has 4 rings (SSSR count). The fourth-order valence-electron chi connectivity index (χ4n) is 3.45. The lowest BCUT2D eigenvalue weighted by Crippen LogP contribution is -3.14. The second-order valence-corrected chi connectivity index (χ2v) is 7.90. The van der Waals surface area contributed by atoms with Crippen molar-refractivity contribution in [3.63, 3.8) is 0 Å². The van der Waals surface area contributed by atoms with E-state index in [0.717, 1.165) is 43.5 Å². The Kier molecular flexibility index (Phi) is 5.41. The average Bonchev–Trinajstić information content (AvgIpc) is 3.09. The molecule has 0 spiro atoms. The van der Waals surface area contributed by atoms with Crippen LogP contribution in [0.4, 0.5) is 0 Å². The molecule has 1 fully saturated rings. The summed E-state index contributed by atoms with van der Waals surface area (Å²) in [6, 6.07) is 18.6. The molecule has 2 heterocycles. The van der Waals surface area contributed by atoms with Crippen LogP contribution < -0.4 is 4.90 Å². The van der Waals surface area contributed by atoms with E-state index < -0.39 is 0 Å². The lowest BCUT2D eigenvalue weighted by molar-refractivity contribution is -0.902. The topological polar surface area (TPSA) is 37.1 Å². The molecule has 5 heteroatoms. The summed E-state index contributed by atoms with van der Waals surface area (Å²) in [5, 5.41) is 0.863. The Bertz CT molecular complexity index is 866. The van der Waals surface area contributed by atoms with E-state index in [1.54, 1.807) is 4.90 Å². The molecule has 0 saturated carbocycles. The van der Waals surface area contributed by atoms with E-state index in [1.807, 2.05) is 24.3 Å². The maximum atomic E-state index is 12.3. The number of nitrogens with zero attached hydrogens (tertiary/aromatic N) is 2. The fraction of sp³-hybridized carbons (Fsp3) is 0.273. The van der Waals surface area contributed by atoms with E-state index in [0.29, 0.717) is 4.91 Å². The third kappa shape index (κ3) is 4.15. The number of carbonyl (C=O) groups excluding carboxylic acids is 1. The monoisotopic (exact) mass is 378 g/mol. The Labute approximate surface area is 164 Å². The third-order valence-corrected chi connectivity index (χ3v) is 6.21. The van der Waals surface area contributed by atoms with Crippen LogP contribution in [0.1, 0.15) is 12.5 Å². The first kappa shape index (κ1) is 18.0. The van der Waals surface area contributed by atoms with Gasteiger partial charge in [-0.15, -0.1) is 0 Å². The predicted octanol–water partition coefficient (Wildman–Crippen LogP) is 2.54. The van der Waals surface area contributed by atoms with Gasteiger partial charge in [0.1, 0.15) is 0 Å². The number of likely N-dealkylation sites (N-methyl/N-ethyl adjacent to an activating group) is 1. The average molecular weight is 379 g/mol. The van der Waals surface area contributed by atoms with E-state index in [9.17, 15) is 4.79 Å². The molecule has 0 unspecified atom stereocenters. The van der Waals surface area contributed by atoms with E-state index in [-0.39, 0.29) is 5.91 Å². The smallest absolute Gasteiger partial charge is 0.286 e. The van der Waals surface area contributed by atoms with Crippen molar-refractivity contribution in [3.05, 3.63) is 65.1 Å². The van der Waals surface area contributed by atoms with E-state index in [4.69, 9.17) is 0 Å². The molecule has 2 aromatic rings. The van der Waals surface area contributed by atoms with Crippen LogP contribution in [0.5, 0.6) is 0 Å². The van der Waals surface area contributed by atoms with Gasteiger partial charge in [0, 0.05) is 0 Å². The third-order valence-electron chi connectivity index (χ3n) is 5.17. The van der Waals surface area contributed by atoms with Crippen LogP contribution in [0.25, 0.3) is 17.2 Å². The van der Waals surface area contributed by atoms with Crippen molar-refractivity contribution >= 4 is 28.9 Å². The number of benzene rings is 2. The summed E-state index contributed by atoms with van der Waals surface area (Å²) in [6.07, 6.45) is 1.95. The molecule has 138 valence electrons. The molecule has 2 aliphatic heterocycles. The van der Waals surface area contributed by atoms with Crippen molar-refractivity contribution in [2.24, 2.45) is 4.99 Å². The molecule has 1 saturated heterocycles. The highest BCUT2D eigenvalue weighted by atomic mass is 32.2. The van der Waals surface area contributed by atoms with Crippen LogP contribution in [0.2, 0.25) is 0 Å². The summed E-state index contributed by atoms with van der Waals surface area (Å²) in [4.78, 5) is 21.2. The molecular weight excluding hydrogens is 354 g/mol. The number of carbonyl (C=O) groups is 1. The molecule has 4 nitrogen and oxygen atoms in total. The van der Waals surface area contributed by atoms with Gasteiger partial charge in [-0.2, -0.15) is 4.99 Å². The molecule has 1 N–H and O–H groups in total. The van der Waals surface area contributed by atoms with Crippen LogP contribution in [0.3, 0.4) is 0 Å². The van der Waals surface area contributed by atoms with Gasteiger partial charge in [-0.1, -0.05) is 54.6 Å². The maximum absolute atomic E-state index is 12.3. The first-order chi connectivity index (χ1) is 13.2. The van der Waals surface area contributed by atoms with Gasteiger partial charge in [-0.3, -0.25) is 4.79 Å². The molecule has 0 radical (unpaired) electrons. The van der Waals surface area contributed by atoms with Crippen LogP contribution in [0.15, 0.2) is 64.5 Å². The highest BCUT2D eigenvalue weighted by molar-refractivity contribution is 8.18. The number of aliphatic imine (C=N–C) groups is 1. The molecule has 1 amide bonds. The van der Waals surface area contributed by atoms with Crippen LogP contribution >= 0.6 is 11.8 Å². The predicted molar refractivity (Wildman–Crippen MR) is 113 cm³/mol. The maximum Gasteiger partial charge on any atom is 0.286 e. The van der Waals surface area contributed by atoms with Crippen molar-refractivity contribution in [3.8, 4) is 11.1 Å². The van der Waals surface area contributed by atoms with E-state index in [1.165, 1.54) is 22.9 Å². The second kappa shape index (κ2) is 8.11. The lowest BCUT2D eigenvalue weighted by Gasteiger charge is -2.32. The fourth-order valence-corrected chi connectivity index (χ4v) is 4.42. The Morgan fingerprint density at radius 1 is 1.04 bits per heavy atom. The highest BCUT2D eigenvalue weighted by Gasteiger charge is 2.29.